The number of anilines is 1. The monoisotopic (exact) mass is 358 g/mol. The molecule has 3 atom stereocenters. The average Bonchev–Trinajstić information content (AvgIpc) is 3.25. The van der Waals surface area contributed by atoms with Gasteiger partial charge in [-0.05, 0) is 43.5 Å². The zero-order valence-electron chi connectivity index (χ0n) is 13.7. The summed E-state index contributed by atoms with van der Waals surface area (Å²) in [7, 11) is 0. The van der Waals surface area contributed by atoms with Crippen molar-refractivity contribution >= 4 is 23.2 Å². The van der Waals surface area contributed by atoms with E-state index < -0.39 is 0 Å². The first kappa shape index (κ1) is 16.4. The zero-order valence-corrected chi connectivity index (χ0v) is 14.4. The molecule has 2 bridgehead atoms. The number of carbonyl (C=O) groups excluding carboxylic acids is 1. The van der Waals surface area contributed by atoms with Gasteiger partial charge in [-0.2, -0.15) is 0 Å². The van der Waals surface area contributed by atoms with Gasteiger partial charge in [-0.1, -0.05) is 17.7 Å². The molecule has 2 aliphatic heterocycles. The van der Waals surface area contributed by atoms with Gasteiger partial charge in [0.2, 0.25) is 5.91 Å². The van der Waals surface area contributed by atoms with Gasteiger partial charge in [0.1, 0.15) is 12.4 Å². The van der Waals surface area contributed by atoms with Crippen molar-refractivity contribution < 1.29 is 14.3 Å². The van der Waals surface area contributed by atoms with Crippen LogP contribution in [0.2, 0.25) is 5.02 Å². The normalized spacial score (nSPS) is 24.3. The van der Waals surface area contributed by atoms with Gasteiger partial charge in [-0.25, -0.2) is 0 Å². The molecule has 3 heterocycles. The third kappa shape index (κ3) is 3.62. The summed E-state index contributed by atoms with van der Waals surface area (Å²) in [4.78, 5) is 16.5. The maximum Gasteiger partial charge on any atom is 0.230 e. The Balaban J connectivity index is 1.37. The molecule has 0 unspecified atom stereocenters. The van der Waals surface area contributed by atoms with Crippen LogP contribution in [-0.2, 0) is 16.1 Å². The molecule has 0 aliphatic carbocycles. The summed E-state index contributed by atoms with van der Waals surface area (Å²) >= 11 is 6.29. The van der Waals surface area contributed by atoms with E-state index in [-0.39, 0.29) is 24.0 Å². The van der Waals surface area contributed by atoms with E-state index in [2.05, 4.69) is 10.3 Å². The van der Waals surface area contributed by atoms with E-state index in [1.807, 2.05) is 12.1 Å². The van der Waals surface area contributed by atoms with Gasteiger partial charge in [0.05, 0.1) is 23.1 Å². The number of carbonyl (C=O) groups is 1. The van der Waals surface area contributed by atoms with Crippen LogP contribution in [0, 0.1) is 5.92 Å². The second-order valence-electron chi connectivity index (χ2n) is 6.50. The molecule has 25 heavy (non-hydrogen) atoms. The summed E-state index contributed by atoms with van der Waals surface area (Å²) in [5.41, 5.74) is 1.64. The van der Waals surface area contributed by atoms with Gasteiger partial charge in [0, 0.05) is 23.6 Å². The van der Waals surface area contributed by atoms with E-state index in [1.54, 1.807) is 30.6 Å². The molecule has 1 N–H and O–H groups in total. The Bertz CT molecular complexity index is 769. The molecule has 1 aromatic carbocycles. The highest BCUT2D eigenvalue weighted by Crippen LogP contribution is 2.39. The molecule has 0 saturated carbocycles. The van der Waals surface area contributed by atoms with Crippen LogP contribution >= 0.6 is 11.6 Å². The minimum Gasteiger partial charge on any atom is -0.487 e. The maximum atomic E-state index is 12.4. The lowest BCUT2D eigenvalue weighted by Gasteiger charge is -2.18. The van der Waals surface area contributed by atoms with E-state index in [0.717, 1.165) is 24.8 Å². The maximum absolute atomic E-state index is 12.4. The molecule has 0 radical (unpaired) electrons. The van der Waals surface area contributed by atoms with Crippen molar-refractivity contribution in [3.05, 3.63) is 53.3 Å². The predicted octanol–water partition coefficient (Wildman–Crippen LogP) is 3.82. The highest BCUT2D eigenvalue weighted by atomic mass is 35.5. The SMILES string of the molecule is O=C(Nc1ccc(OCc2cccnc2)c(Cl)c1)[C@@H]1C[C@H]2CC[C@@H]1O2. The summed E-state index contributed by atoms with van der Waals surface area (Å²) in [5, 5.41) is 3.41. The van der Waals surface area contributed by atoms with Crippen LogP contribution in [0.25, 0.3) is 0 Å². The standard InChI is InChI=1S/C19H19ClN2O3/c20-16-8-13(22-19(23)15-9-14-4-6-17(15)25-14)3-5-18(16)24-11-12-2-1-7-21-10-12/h1-3,5,7-8,10,14-15,17H,4,6,9,11H2,(H,22,23)/t14-,15-,17+/m1/s1. The number of benzene rings is 1. The summed E-state index contributed by atoms with van der Waals surface area (Å²) in [6.45, 7) is 0.391. The number of rotatable bonds is 5. The van der Waals surface area contributed by atoms with Gasteiger partial charge in [-0.15, -0.1) is 0 Å². The summed E-state index contributed by atoms with van der Waals surface area (Å²) in [6, 6.07) is 9.08. The third-order valence-electron chi connectivity index (χ3n) is 4.76. The van der Waals surface area contributed by atoms with Crippen LogP contribution in [0.15, 0.2) is 42.7 Å². The topological polar surface area (TPSA) is 60.5 Å². The fraction of sp³-hybridized carbons (Fsp3) is 0.368. The Labute approximate surface area is 151 Å². The van der Waals surface area contributed by atoms with Gasteiger partial charge < -0.3 is 14.8 Å². The number of nitrogens with one attached hydrogen (secondary N) is 1. The number of fused-ring (bicyclic) bond motifs is 2. The van der Waals surface area contributed by atoms with Crippen molar-refractivity contribution in [3.8, 4) is 5.75 Å². The number of amides is 1. The number of hydrogen-bond donors (Lipinski definition) is 1. The molecule has 2 saturated heterocycles. The molecule has 2 aliphatic rings. The highest BCUT2D eigenvalue weighted by molar-refractivity contribution is 6.32. The second-order valence-corrected chi connectivity index (χ2v) is 6.91. The Morgan fingerprint density at radius 3 is 2.96 bits per heavy atom. The highest BCUT2D eigenvalue weighted by Gasteiger charge is 2.44. The Hall–Kier alpha value is -2.11. The average molecular weight is 359 g/mol. The molecule has 1 aromatic heterocycles. The van der Waals surface area contributed by atoms with E-state index in [0.29, 0.717) is 23.1 Å². The number of nitrogens with zero attached hydrogens (tertiary/aromatic N) is 1. The van der Waals surface area contributed by atoms with Gasteiger partial charge in [-0.3, -0.25) is 9.78 Å². The largest absolute Gasteiger partial charge is 0.487 e. The molecule has 1 amide bonds. The quantitative estimate of drug-likeness (QED) is 0.882. The Morgan fingerprint density at radius 1 is 1.36 bits per heavy atom. The fourth-order valence-electron chi connectivity index (χ4n) is 3.49. The summed E-state index contributed by atoms with van der Waals surface area (Å²) < 4.78 is 11.5. The lowest BCUT2D eigenvalue weighted by molar-refractivity contribution is -0.121. The van der Waals surface area contributed by atoms with Crippen LogP contribution < -0.4 is 10.1 Å². The molecule has 2 aromatic rings. The first-order chi connectivity index (χ1) is 12.2. The number of pyridine rings is 1. The van der Waals surface area contributed by atoms with Crippen LogP contribution in [0.1, 0.15) is 24.8 Å². The van der Waals surface area contributed by atoms with Gasteiger partial charge >= 0.3 is 0 Å². The lowest BCUT2D eigenvalue weighted by atomic mass is 9.88. The molecule has 130 valence electrons. The number of ether oxygens (including phenoxy) is 2. The van der Waals surface area contributed by atoms with Crippen LogP contribution in [-0.4, -0.2) is 23.1 Å². The van der Waals surface area contributed by atoms with Crippen molar-refractivity contribution in [3.63, 3.8) is 0 Å². The van der Waals surface area contributed by atoms with Crippen LogP contribution in [0.3, 0.4) is 0 Å². The minimum absolute atomic E-state index is 0.00675. The zero-order chi connectivity index (χ0) is 17.2. The molecular weight excluding hydrogens is 340 g/mol. The van der Waals surface area contributed by atoms with Crippen molar-refractivity contribution in [1.82, 2.24) is 4.98 Å². The van der Waals surface area contributed by atoms with E-state index in [9.17, 15) is 4.79 Å². The van der Waals surface area contributed by atoms with Crippen molar-refractivity contribution in [2.24, 2.45) is 5.92 Å². The second kappa shape index (κ2) is 7.02. The van der Waals surface area contributed by atoms with Crippen molar-refractivity contribution in [2.45, 2.75) is 38.1 Å². The van der Waals surface area contributed by atoms with Crippen molar-refractivity contribution in [2.75, 3.05) is 5.32 Å². The van der Waals surface area contributed by atoms with E-state index >= 15 is 0 Å². The Morgan fingerprint density at radius 2 is 2.28 bits per heavy atom. The Kier molecular flexibility index (Phi) is 4.59. The van der Waals surface area contributed by atoms with E-state index in [4.69, 9.17) is 21.1 Å². The summed E-state index contributed by atoms with van der Waals surface area (Å²) in [5.74, 6) is 0.526. The molecule has 2 fully saturated rings. The number of aromatic nitrogens is 1. The van der Waals surface area contributed by atoms with Crippen LogP contribution in [0.5, 0.6) is 5.75 Å². The third-order valence-corrected chi connectivity index (χ3v) is 5.05. The van der Waals surface area contributed by atoms with Crippen LogP contribution in [0.4, 0.5) is 5.69 Å². The van der Waals surface area contributed by atoms with Gasteiger partial charge in [0.15, 0.2) is 0 Å². The molecular formula is C19H19ClN2O3. The molecule has 6 heteroatoms. The fourth-order valence-corrected chi connectivity index (χ4v) is 3.72. The number of halogens is 1. The molecule has 0 spiro atoms. The van der Waals surface area contributed by atoms with Gasteiger partial charge in [0.25, 0.3) is 0 Å². The minimum atomic E-state index is -0.0565. The smallest absolute Gasteiger partial charge is 0.230 e. The summed E-state index contributed by atoms with van der Waals surface area (Å²) in [6.07, 6.45) is 6.66. The molecule has 5 nitrogen and oxygen atoms in total. The lowest BCUT2D eigenvalue weighted by Crippen LogP contribution is -2.30. The molecule has 4 rings (SSSR count). The first-order valence-electron chi connectivity index (χ1n) is 8.46. The van der Waals surface area contributed by atoms with Crippen molar-refractivity contribution in [1.29, 1.82) is 0 Å². The number of hydrogen-bond acceptors (Lipinski definition) is 4. The van der Waals surface area contributed by atoms with E-state index in [1.165, 1.54) is 0 Å². The first-order valence-corrected chi connectivity index (χ1v) is 8.84. The predicted molar refractivity (Wildman–Crippen MR) is 94.7 cm³/mol.